The minimum Gasteiger partial charge on any atom is -0.458 e. The molecule has 11 heteroatoms. The van der Waals surface area contributed by atoms with E-state index in [1.54, 1.807) is 26.8 Å². The Morgan fingerprint density at radius 1 is 1.21 bits per heavy atom. The molecule has 0 bridgehead atoms. The first-order valence-electron chi connectivity index (χ1n) is 12.6. The summed E-state index contributed by atoms with van der Waals surface area (Å²) in [5.74, 6) is -2.58. The number of ketones is 1. The molecule has 0 saturated carbocycles. The van der Waals surface area contributed by atoms with Crippen LogP contribution in [0.2, 0.25) is 0 Å². The van der Waals surface area contributed by atoms with Crippen LogP contribution in [-0.4, -0.2) is 63.1 Å². The molecule has 7 unspecified atom stereocenters. The van der Waals surface area contributed by atoms with Gasteiger partial charge in [-0.1, -0.05) is 39.8 Å². The number of carbonyl (C=O) groups excluding carboxylic acids is 2. The number of ether oxygens (including phenoxy) is 2. The Labute approximate surface area is 219 Å². The van der Waals surface area contributed by atoms with Gasteiger partial charge in [0, 0.05) is 31.6 Å². The lowest BCUT2D eigenvalue weighted by atomic mass is 9.73. The smallest absolute Gasteiger partial charge is 0.420 e. The van der Waals surface area contributed by atoms with Crippen LogP contribution in [-0.2, 0) is 19.1 Å². The fraction of sp³-hybridized carbons (Fsp3) is 0.667. The van der Waals surface area contributed by atoms with Gasteiger partial charge in [-0.15, -0.1) is 0 Å². The summed E-state index contributed by atoms with van der Waals surface area (Å²) < 4.78 is 58.3. The lowest BCUT2D eigenvalue weighted by molar-refractivity contribution is -0.183. The zero-order chi connectivity index (χ0) is 28.6. The number of hydrogen-bond acceptors (Lipinski definition) is 8. The van der Waals surface area contributed by atoms with Crippen molar-refractivity contribution in [2.75, 3.05) is 0 Å². The van der Waals surface area contributed by atoms with Gasteiger partial charge in [0.25, 0.3) is 0 Å². The number of oxazole rings is 1. The monoisotopic (exact) mass is 543 g/mol. The van der Waals surface area contributed by atoms with Gasteiger partial charge < -0.3 is 24.1 Å². The van der Waals surface area contributed by atoms with Crippen LogP contribution in [0.5, 0.6) is 0 Å². The number of Topliss-reactive ketones (excluding diaryl/α,β-unsaturated/α-hetero) is 1. The van der Waals surface area contributed by atoms with Crippen molar-refractivity contribution in [2.45, 2.75) is 97.0 Å². The average Bonchev–Trinajstić information content (AvgIpc) is 3.38. The molecular weight excluding hydrogens is 507 g/mol. The van der Waals surface area contributed by atoms with E-state index in [0.717, 1.165) is 0 Å². The van der Waals surface area contributed by atoms with Crippen LogP contribution < -0.4 is 0 Å². The van der Waals surface area contributed by atoms with E-state index in [4.69, 9.17) is 13.9 Å². The molecule has 7 atom stereocenters. The Hall–Kier alpha value is -2.50. The molecule has 3 heterocycles. The summed E-state index contributed by atoms with van der Waals surface area (Å²) in [7, 11) is 0. The van der Waals surface area contributed by atoms with Crippen molar-refractivity contribution in [3.8, 4) is 0 Å². The summed E-state index contributed by atoms with van der Waals surface area (Å²) in [6.45, 7) is 9.26. The number of hydrogen-bond donors (Lipinski definition) is 2. The zero-order valence-corrected chi connectivity index (χ0v) is 22.4. The minimum absolute atomic E-state index is 0.286. The van der Waals surface area contributed by atoms with Gasteiger partial charge in [-0.3, -0.25) is 9.59 Å². The number of fused-ring (bicyclic) bond motifs is 1. The van der Waals surface area contributed by atoms with Crippen LogP contribution in [0, 0.1) is 24.2 Å². The van der Waals surface area contributed by atoms with Crippen LogP contribution in [0.4, 0.5) is 13.2 Å². The van der Waals surface area contributed by atoms with Gasteiger partial charge in [0.05, 0.1) is 24.0 Å². The third-order valence-corrected chi connectivity index (χ3v) is 7.67. The highest BCUT2D eigenvalue weighted by Crippen LogP contribution is 2.54. The van der Waals surface area contributed by atoms with Crippen LogP contribution in [0.1, 0.15) is 65.5 Å². The van der Waals surface area contributed by atoms with E-state index >= 15 is 0 Å². The van der Waals surface area contributed by atoms with Gasteiger partial charge in [0.15, 0.2) is 11.5 Å². The second kappa shape index (κ2) is 10.9. The van der Waals surface area contributed by atoms with E-state index in [1.807, 2.05) is 0 Å². The number of carbonyl (C=O) groups is 2. The fourth-order valence-corrected chi connectivity index (χ4v) is 4.85. The van der Waals surface area contributed by atoms with E-state index in [0.29, 0.717) is 17.2 Å². The van der Waals surface area contributed by atoms with Crippen LogP contribution >= 0.6 is 0 Å². The minimum atomic E-state index is -4.70. The van der Waals surface area contributed by atoms with E-state index in [9.17, 15) is 33.0 Å². The van der Waals surface area contributed by atoms with Gasteiger partial charge in [-0.25, -0.2) is 4.98 Å². The second-order valence-electron chi connectivity index (χ2n) is 11.0. The summed E-state index contributed by atoms with van der Waals surface area (Å²) in [5.41, 5.74) is -3.06. The lowest BCUT2D eigenvalue weighted by Gasteiger charge is -2.34. The Balaban J connectivity index is 1.98. The normalized spacial score (nSPS) is 36.3. The number of aliphatic hydroxyl groups is 2. The molecule has 1 aromatic heterocycles. The number of esters is 1. The summed E-state index contributed by atoms with van der Waals surface area (Å²) in [6, 6.07) is 0. The molecule has 38 heavy (non-hydrogen) atoms. The largest absolute Gasteiger partial charge is 0.458 e. The highest BCUT2D eigenvalue weighted by molar-refractivity contribution is 5.88. The third-order valence-electron chi connectivity index (χ3n) is 7.67. The molecule has 1 aromatic rings. The number of alkyl halides is 3. The van der Waals surface area contributed by atoms with Crippen molar-refractivity contribution < 1.29 is 46.9 Å². The summed E-state index contributed by atoms with van der Waals surface area (Å²) in [6.07, 6.45) is -5.49. The number of aliphatic hydroxyl groups excluding tert-OH is 2. The molecule has 0 amide bonds. The third kappa shape index (κ3) is 6.21. The zero-order valence-electron chi connectivity index (χ0n) is 22.4. The van der Waals surface area contributed by atoms with E-state index in [-0.39, 0.29) is 6.42 Å². The highest BCUT2D eigenvalue weighted by Gasteiger charge is 2.72. The quantitative estimate of drug-likeness (QED) is 0.321. The molecule has 2 N–H and O–H groups in total. The standard InChI is InChI=1S/C27H36F3NO7/c1-14-8-7-9-26(27(28,29)30)21(38-26)11-19(15(2)10-18-13-36-17(4)31-18)37-22(33)12-20(32)25(5,6)24(35)16(3)23(14)34/h7-8,10,13-14,16,19-21,23,32,34H,9,11-12H2,1-6H3/b8-7-,15-10+. The molecule has 2 aliphatic heterocycles. The molecular formula is C27H36F3NO7. The van der Waals surface area contributed by atoms with E-state index in [2.05, 4.69) is 4.98 Å². The Morgan fingerprint density at radius 2 is 1.87 bits per heavy atom. The van der Waals surface area contributed by atoms with Crippen LogP contribution in [0.25, 0.3) is 6.08 Å². The predicted molar refractivity (Wildman–Crippen MR) is 131 cm³/mol. The Bertz CT molecular complexity index is 1090. The van der Waals surface area contributed by atoms with Gasteiger partial charge in [-0.05, 0) is 18.6 Å². The molecule has 1 fully saturated rings. The molecule has 0 spiro atoms. The molecule has 0 aromatic carbocycles. The summed E-state index contributed by atoms with van der Waals surface area (Å²) in [4.78, 5) is 30.2. The first-order valence-corrected chi connectivity index (χ1v) is 12.6. The van der Waals surface area contributed by atoms with Crippen LogP contribution in [0.15, 0.2) is 28.4 Å². The maximum Gasteiger partial charge on any atom is 0.420 e. The Kier molecular flexibility index (Phi) is 8.65. The topological polar surface area (TPSA) is 122 Å². The predicted octanol–water partition coefficient (Wildman–Crippen LogP) is 4.33. The number of epoxide rings is 1. The number of cyclic esters (lactones) is 1. The lowest BCUT2D eigenvalue weighted by Crippen LogP contribution is -2.45. The molecule has 3 rings (SSSR count). The Morgan fingerprint density at radius 3 is 2.45 bits per heavy atom. The van der Waals surface area contributed by atoms with Crippen molar-refractivity contribution in [1.29, 1.82) is 0 Å². The van der Waals surface area contributed by atoms with Crippen molar-refractivity contribution in [2.24, 2.45) is 17.3 Å². The molecule has 212 valence electrons. The van der Waals surface area contributed by atoms with Gasteiger partial charge in [0.2, 0.25) is 0 Å². The summed E-state index contributed by atoms with van der Waals surface area (Å²) in [5, 5.41) is 21.5. The van der Waals surface area contributed by atoms with Crippen molar-refractivity contribution >= 4 is 17.8 Å². The van der Waals surface area contributed by atoms with Gasteiger partial charge in [-0.2, -0.15) is 13.2 Å². The molecule has 8 nitrogen and oxygen atoms in total. The first kappa shape index (κ1) is 30.0. The average molecular weight is 544 g/mol. The van der Waals surface area contributed by atoms with E-state index < -0.39 is 78.0 Å². The van der Waals surface area contributed by atoms with Gasteiger partial charge >= 0.3 is 12.1 Å². The molecule has 2 aliphatic rings. The maximum atomic E-state index is 14.1. The molecule has 1 saturated heterocycles. The number of aromatic nitrogens is 1. The first-order chi connectivity index (χ1) is 17.5. The number of rotatable bonds is 2. The number of nitrogens with zero attached hydrogens (tertiary/aromatic N) is 1. The van der Waals surface area contributed by atoms with Crippen molar-refractivity contribution in [3.05, 3.63) is 35.6 Å². The van der Waals surface area contributed by atoms with Crippen molar-refractivity contribution in [1.82, 2.24) is 4.98 Å². The molecule has 0 aliphatic carbocycles. The number of aryl methyl sites for hydroxylation is 1. The van der Waals surface area contributed by atoms with Crippen LogP contribution in [0.3, 0.4) is 0 Å². The molecule has 0 radical (unpaired) electrons. The summed E-state index contributed by atoms with van der Waals surface area (Å²) >= 11 is 0. The second-order valence-corrected chi connectivity index (χ2v) is 11.0. The van der Waals surface area contributed by atoms with Gasteiger partial charge in [0.1, 0.15) is 29.9 Å². The van der Waals surface area contributed by atoms with Crippen molar-refractivity contribution in [3.63, 3.8) is 0 Å². The van der Waals surface area contributed by atoms with E-state index in [1.165, 1.54) is 39.2 Å². The highest BCUT2D eigenvalue weighted by atomic mass is 19.4. The maximum absolute atomic E-state index is 14.1. The number of halogens is 3. The SMILES string of the molecule is C/C(=C\c1coc(C)n1)C1CC2OC2(C(F)(F)F)C/C=C\C(C)C(O)C(C)C(=O)C(C)(C)C(O)CC(=O)O1. The fourth-order valence-electron chi connectivity index (χ4n) is 4.85.